The van der Waals surface area contributed by atoms with Gasteiger partial charge in [-0.3, -0.25) is 4.40 Å². The van der Waals surface area contributed by atoms with Crippen LogP contribution in [0.4, 0.5) is 0 Å². The van der Waals surface area contributed by atoms with Crippen LogP contribution in [0.2, 0.25) is 0 Å². The predicted octanol–water partition coefficient (Wildman–Crippen LogP) is 1.82. The first-order valence-electron chi connectivity index (χ1n) is 4.95. The summed E-state index contributed by atoms with van der Waals surface area (Å²) in [6.45, 7) is 0. The molecule has 1 fully saturated rings. The molecule has 3 nitrogen and oxygen atoms in total. The fourth-order valence-corrected chi connectivity index (χ4v) is 2.40. The Morgan fingerprint density at radius 1 is 1.57 bits per heavy atom. The van der Waals surface area contributed by atoms with E-state index in [0.717, 1.165) is 17.8 Å². The van der Waals surface area contributed by atoms with Gasteiger partial charge in [-0.1, -0.05) is 0 Å². The van der Waals surface area contributed by atoms with Crippen LogP contribution in [0.1, 0.15) is 25.0 Å². The van der Waals surface area contributed by atoms with Crippen LogP contribution in [-0.2, 0) is 6.42 Å². The van der Waals surface area contributed by atoms with Gasteiger partial charge in [0, 0.05) is 23.3 Å². The van der Waals surface area contributed by atoms with E-state index in [1.165, 1.54) is 18.5 Å². The molecule has 0 aliphatic heterocycles. The summed E-state index contributed by atoms with van der Waals surface area (Å²) in [5, 5.41) is 2.05. The fraction of sp³-hybridized carbons (Fsp3) is 0.500. The van der Waals surface area contributed by atoms with E-state index in [2.05, 4.69) is 21.0 Å². The molecule has 0 bridgehead atoms. The first-order chi connectivity index (χ1) is 6.75. The highest BCUT2D eigenvalue weighted by Gasteiger charge is 2.37. The van der Waals surface area contributed by atoms with E-state index in [-0.39, 0.29) is 5.54 Å². The van der Waals surface area contributed by atoms with Crippen LogP contribution in [-0.4, -0.2) is 14.9 Å². The van der Waals surface area contributed by atoms with Gasteiger partial charge in [0.05, 0.1) is 5.69 Å². The average molecular weight is 207 g/mol. The normalized spacial score (nSPS) is 18.9. The Morgan fingerprint density at radius 2 is 2.43 bits per heavy atom. The zero-order valence-corrected chi connectivity index (χ0v) is 8.76. The molecule has 2 aromatic rings. The van der Waals surface area contributed by atoms with Gasteiger partial charge >= 0.3 is 0 Å². The summed E-state index contributed by atoms with van der Waals surface area (Å²) >= 11 is 1.68. The van der Waals surface area contributed by atoms with Gasteiger partial charge < -0.3 is 5.73 Å². The molecule has 2 aromatic heterocycles. The molecule has 0 spiro atoms. The van der Waals surface area contributed by atoms with Crippen molar-refractivity contribution in [2.24, 2.45) is 5.73 Å². The Labute approximate surface area is 86.6 Å². The monoisotopic (exact) mass is 207 g/mol. The molecule has 74 valence electrons. The van der Waals surface area contributed by atoms with Gasteiger partial charge in [0.25, 0.3) is 0 Å². The molecule has 0 unspecified atom stereocenters. The van der Waals surface area contributed by atoms with E-state index >= 15 is 0 Å². The van der Waals surface area contributed by atoms with Gasteiger partial charge in [0.15, 0.2) is 4.96 Å². The van der Waals surface area contributed by atoms with Crippen LogP contribution in [0.5, 0.6) is 0 Å². The Balaban J connectivity index is 1.75. The second-order valence-corrected chi connectivity index (χ2v) is 5.06. The van der Waals surface area contributed by atoms with Crippen molar-refractivity contribution in [3.05, 3.63) is 23.5 Å². The van der Waals surface area contributed by atoms with E-state index in [0.29, 0.717) is 0 Å². The van der Waals surface area contributed by atoms with Crippen molar-refractivity contribution in [1.29, 1.82) is 0 Å². The molecule has 3 rings (SSSR count). The Bertz CT molecular complexity index is 424. The van der Waals surface area contributed by atoms with Crippen LogP contribution in [0.25, 0.3) is 4.96 Å². The topological polar surface area (TPSA) is 43.3 Å². The van der Waals surface area contributed by atoms with Crippen molar-refractivity contribution in [1.82, 2.24) is 9.38 Å². The molecule has 0 aromatic carbocycles. The third-order valence-corrected chi connectivity index (χ3v) is 3.69. The maximum atomic E-state index is 6.03. The molecule has 4 heteroatoms. The number of thiazole rings is 1. The highest BCUT2D eigenvalue weighted by atomic mass is 32.1. The second kappa shape index (κ2) is 2.81. The SMILES string of the molecule is NC1(CCc2cn3ccsc3n2)CC1. The molecule has 1 saturated carbocycles. The molecular formula is C10H13N3S. The number of aryl methyl sites for hydroxylation is 1. The predicted molar refractivity (Wildman–Crippen MR) is 57.5 cm³/mol. The molecule has 0 saturated heterocycles. The van der Waals surface area contributed by atoms with E-state index < -0.39 is 0 Å². The summed E-state index contributed by atoms with van der Waals surface area (Å²) in [7, 11) is 0. The third-order valence-electron chi connectivity index (χ3n) is 2.91. The fourth-order valence-electron chi connectivity index (χ4n) is 1.68. The molecule has 0 amide bonds. The van der Waals surface area contributed by atoms with Gasteiger partial charge in [-0.05, 0) is 25.7 Å². The first-order valence-corrected chi connectivity index (χ1v) is 5.83. The molecule has 1 aliphatic rings. The number of nitrogens with zero attached hydrogens (tertiary/aromatic N) is 2. The lowest BCUT2D eigenvalue weighted by molar-refractivity contribution is 0.604. The van der Waals surface area contributed by atoms with Gasteiger partial charge in [0.2, 0.25) is 0 Å². The molecular weight excluding hydrogens is 194 g/mol. The number of aromatic nitrogens is 2. The summed E-state index contributed by atoms with van der Waals surface area (Å²) < 4.78 is 2.08. The molecule has 2 N–H and O–H groups in total. The van der Waals surface area contributed by atoms with Crippen molar-refractivity contribution in [2.75, 3.05) is 0 Å². The zero-order valence-electron chi connectivity index (χ0n) is 7.94. The Morgan fingerprint density at radius 3 is 3.14 bits per heavy atom. The van der Waals surface area contributed by atoms with E-state index in [4.69, 9.17) is 5.73 Å². The Hall–Kier alpha value is -0.870. The summed E-state index contributed by atoms with van der Waals surface area (Å²) in [6.07, 6.45) is 8.64. The van der Waals surface area contributed by atoms with Gasteiger partial charge in [0.1, 0.15) is 0 Å². The number of hydrogen-bond donors (Lipinski definition) is 1. The van der Waals surface area contributed by atoms with Crippen LogP contribution >= 0.6 is 11.3 Å². The van der Waals surface area contributed by atoms with Crippen molar-refractivity contribution in [2.45, 2.75) is 31.2 Å². The lowest BCUT2D eigenvalue weighted by Gasteiger charge is -2.04. The molecule has 1 aliphatic carbocycles. The van der Waals surface area contributed by atoms with Crippen molar-refractivity contribution >= 4 is 16.3 Å². The minimum absolute atomic E-state index is 0.150. The maximum absolute atomic E-state index is 6.03. The minimum atomic E-state index is 0.150. The first kappa shape index (κ1) is 8.44. The average Bonchev–Trinajstić information content (AvgIpc) is 2.61. The summed E-state index contributed by atoms with van der Waals surface area (Å²) in [5.41, 5.74) is 7.36. The quantitative estimate of drug-likeness (QED) is 0.834. The number of nitrogens with two attached hydrogens (primary N) is 1. The number of fused-ring (bicyclic) bond motifs is 1. The number of hydrogen-bond acceptors (Lipinski definition) is 3. The largest absolute Gasteiger partial charge is 0.325 e. The highest BCUT2D eigenvalue weighted by molar-refractivity contribution is 7.15. The smallest absolute Gasteiger partial charge is 0.193 e. The van der Waals surface area contributed by atoms with Crippen molar-refractivity contribution in [3.8, 4) is 0 Å². The molecule has 0 atom stereocenters. The van der Waals surface area contributed by atoms with Crippen LogP contribution in [0.3, 0.4) is 0 Å². The minimum Gasteiger partial charge on any atom is -0.325 e. The summed E-state index contributed by atoms with van der Waals surface area (Å²) in [6, 6.07) is 0. The number of imidazole rings is 1. The maximum Gasteiger partial charge on any atom is 0.193 e. The van der Waals surface area contributed by atoms with Gasteiger partial charge in [-0.15, -0.1) is 11.3 Å². The van der Waals surface area contributed by atoms with Gasteiger partial charge in [-0.2, -0.15) is 0 Å². The summed E-state index contributed by atoms with van der Waals surface area (Å²) in [4.78, 5) is 5.61. The molecule has 0 radical (unpaired) electrons. The molecule has 14 heavy (non-hydrogen) atoms. The lowest BCUT2D eigenvalue weighted by Crippen LogP contribution is -2.22. The van der Waals surface area contributed by atoms with Crippen LogP contribution < -0.4 is 5.73 Å². The number of rotatable bonds is 3. The second-order valence-electron chi connectivity index (χ2n) is 4.19. The highest BCUT2D eigenvalue weighted by Crippen LogP contribution is 2.36. The van der Waals surface area contributed by atoms with E-state index in [9.17, 15) is 0 Å². The van der Waals surface area contributed by atoms with Crippen LogP contribution in [0.15, 0.2) is 17.8 Å². The van der Waals surface area contributed by atoms with E-state index in [1.54, 1.807) is 11.3 Å². The van der Waals surface area contributed by atoms with Gasteiger partial charge in [-0.25, -0.2) is 4.98 Å². The summed E-state index contributed by atoms with van der Waals surface area (Å²) in [5.74, 6) is 0. The van der Waals surface area contributed by atoms with E-state index in [1.807, 2.05) is 6.20 Å². The van der Waals surface area contributed by atoms with Crippen molar-refractivity contribution < 1.29 is 0 Å². The molecule has 2 heterocycles. The lowest BCUT2D eigenvalue weighted by atomic mass is 10.1. The Kier molecular flexibility index (Phi) is 1.69. The van der Waals surface area contributed by atoms with Crippen LogP contribution in [0, 0.1) is 0 Å². The zero-order chi connectivity index (χ0) is 9.60. The van der Waals surface area contributed by atoms with Crippen molar-refractivity contribution in [3.63, 3.8) is 0 Å². The third kappa shape index (κ3) is 1.44. The standard InChI is InChI=1S/C10H13N3S/c11-10(3-4-10)2-1-8-7-13-5-6-14-9(13)12-8/h5-7H,1-4,11H2.